The van der Waals surface area contributed by atoms with Crippen LogP contribution in [0.2, 0.25) is 0 Å². The minimum atomic E-state index is -4.19. The van der Waals surface area contributed by atoms with E-state index in [0.717, 1.165) is 26.1 Å². The Hall–Kier alpha value is 0.710. The van der Waals surface area contributed by atoms with Crippen molar-refractivity contribution < 1.29 is 65.9 Å². The zero-order chi connectivity index (χ0) is 48.3. The largest absolute Gasteiger partial charge is 0.472 e. The second-order valence-corrected chi connectivity index (χ2v) is 18.9. The summed E-state index contributed by atoms with van der Waals surface area (Å²) in [7, 11) is -4.19. The molecule has 16 heteroatoms. The maximum atomic E-state index is 12.0. The van der Waals surface area contributed by atoms with Crippen molar-refractivity contribution in [3.05, 3.63) is 0 Å². The maximum Gasteiger partial charge on any atom is 0.472 e. The average molecular weight is 1010 g/mol. The quantitative estimate of drug-likeness (QED) is 0.0350. The van der Waals surface area contributed by atoms with Gasteiger partial charge in [-0.25, -0.2) is 4.57 Å². The van der Waals surface area contributed by atoms with Crippen LogP contribution in [0.15, 0.2) is 0 Å². The second kappa shape index (κ2) is 63.8. The molecule has 0 fully saturated rings. The van der Waals surface area contributed by atoms with Crippen LogP contribution in [0.1, 0.15) is 194 Å². The first-order valence-electron chi connectivity index (χ1n) is 27.5. The van der Waals surface area contributed by atoms with Crippen LogP contribution in [-0.2, 0) is 61.0 Å². The van der Waals surface area contributed by atoms with Crippen LogP contribution in [0.4, 0.5) is 0 Å². The Morgan fingerprint density at radius 1 is 0.235 bits per heavy atom. The molecule has 0 aromatic heterocycles. The van der Waals surface area contributed by atoms with E-state index < -0.39 is 7.82 Å². The molecule has 0 rings (SSSR count). The summed E-state index contributed by atoms with van der Waals surface area (Å²) in [6.45, 7) is 13.9. The number of hydrogen-bond acceptors (Lipinski definition) is 13. The fourth-order valence-corrected chi connectivity index (χ4v) is 7.91. The van der Waals surface area contributed by atoms with E-state index in [-0.39, 0.29) is 56.0 Å². The number of hydrogen-bond donors (Lipinski definition) is 1. The van der Waals surface area contributed by atoms with E-state index in [1.54, 1.807) is 0 Å². The third-order valence-corrected chi connectivity index (χ3v) is 12.2. The van der Waals surface area contributed by atoms with Gasteiger partial charge in [0.05, 0.1) is 132 Å². The van der Waals surface area contributed by atoms with E-state index in [2.05, 4.69) is 13.8 Å². The van der Waals surface area contributed by atoms with Crippen molar-refractivity contribution in [1.29, 1.82) is 0 Å². The zero-order valence-electron chi connectivity index (χ0n) is 44.6. The number of rotatable bonds is 62. The monoisotopic (exact) mass is 1010 g/mol. The molecule has 68 heavy (non-hydrogen) atoms. The maximum absolute atomic E-state index is 12.0. The topological polar surface area (TPSA) is 148 Å². The molecule has 0 aliphatic heterocycles. The van der Waals surface area contributed by atoms with Gasteiger partial charge < -0.3 is 52.3 Å². The van der Waals surface area contributed by atoms with E-state index >= 15 is 0 Å². The van der Waals surface area contributed by atoms with Gasteiger partial charge >= 0.3 is 7.82 Å². The van der Waals surface area contributed by atoms with Crippen LogP contribution in [0.5, 0.6) is 0 Å². The minimum absolute atomic E-state index is 0. The van der Waals surface area contributed by atoms with Crippen LogP contribution in [-0.4, -0.2) is 180 Å². The summed E-state index contributed by atoms with van der Waals surface area (Å²) >= 11 is 0. The first kappa shape index (κ1) is 70.8. The normalized spacial score (nSPS) is 11.8. The van der Waals surface area contributed by atoms with Crippen LogP contribution < -0.4 is 0 Å². The van der Waals surface area contributed by atoms with E-state index in [1.165, 1.54) is 167 Å². The van der Waals surface area contributed by atoms with E-state index in [4.69, 9.17) is 56.4 Å². The Morgan fingerprint density at radius 2 is 0.382 bits per heavy atom. The third kappa shape index (κ3) is 64.7. The average Bonchev–Trinajstić information content (AvgIpc) is 3.32. The Balaban J connectivity index is 0. The minimum Gasteiger partial charge on any atom is -0.379 e. The molecular formula is C52H107NaO14P. The van der Waals surface area contributed by atoms with Gasteiger partial charge in [0, 0.05) is 42.8 Å². The van der Waals surface area contributed by atoms with Crippen molar-refractivity contribution in [2.45, 2.75) is 194 Å². The molecular weight excluding hydrogens is 903 g/mol. The molecule has 0 atom stereocenters. The number of phosphoric ester groups is 1. The van der Waals surface area contributed by atoms with Crippen LogP contribution >= 0.6 is 7.82 Å². The van der Waals surface area contributed by atoms with E-state index in [0.29, 0.717) is 106 Å². The smallest absolute Gasteiger partial charge is 0.379 e. The summed E-state index contributed by atoms with van der Waals surface area (Å²) in [5, 5.41) is 0. The molecule has 1 radical (unpaired) electrons. The summed E-state index contributed by atoms with van der Waals surface area (Å²) in [5.74, 6) is 0. The van der Waals surface area contributed by atoms with Crippen LogP contribution in [0, 0.1) is 0 Å². The van der Waals surface area contributed by atoms with Gasteiger partial charge in [0.2, 0.25) is 0 Å². The molecule has 0 aliphatic rings. The molecule has 405 valence electrons. The predicted molar refractivity (Wildman–Crippen MR) is 276 cm³/mol. The van der Waals surface area contributed by atoms with Crippen LogP contribution in [0.3, 0.4) is 0 Å². The fraction of sp³-hybridized carbons (Fsp3) is 1.00. The molecule has 0 saturated carbocycles. The molecule has 0 aliphatic carbocycles. The van der Waals surface area contributed by atoms with Gasteiger partial charge in [-0.05, 0) is 12.8 Å². The SMILES string of the molecule is CCCCCCCCCCCCCCCCOCCOCCOCCOCCOCCOP(=O)(O)OCCOCCOCCOCCOCCOCCCCCCCCCCCCCCCC.[Na]. The molecule has 0 aromatic rings. The number of ether oxygens (including phenoxy) is 10. The van der Waals surface area contributed by atoms with Gasteiger partial charge in [-0.15, -0.1) is 0 Å². The molecule has 1 N–H and O–H groups in total. The summed E-state index contributed by atoms with van der Waals surface area (Å²) < 4.78 is 77.1. The molecule has 14 nitrogen and oxygen atoms in total. The van der Waals surface area contributed by atoms with E-state index in [1.807, 2.05) is 0 Å². The number of unbranched alkanes of at least 4 members (excludes halogenated alkanes) is 26. The van der Waals surface area contributed by atoms with Crippen molar-refractivity contribution in [1.82, 2.24) is 0 Å². The second-order valence-electron chi connectivity index (χ2n) is 17.5. The van der Waals surface area contributed by atoms with Crippen LogP contribution in [0.25, 0.3) is 0 Å². The van der Waals surface area contributed by atoms with Crippen molar-refractivity contribution >= 4 is 37.4 Å². The summed E-state index contributed by atoms with van der Waals surface area (Å²) in [5.41, 5.74) is 0. The van der Waals surface area contributed by atoms with Crippen molar-refractivity contribution in [3.63, 3.8) is 0 Å². The predicted octanol–water partition coefficient (Wildman–Crippen LogP) is 11.9. The molecule has 0 saturated heterocycles. The van der Waals surface area contributed by atoms with Gasteiger partial charge in [0.25, 0.3) is 0 Å². The van der Waals surface area contributed by atoms with Gasteiger partial charge in [-0.1, -0.05) is 181 Å². The Kier molecular flexibility index (Phi) is 66.4. The molecule has 0 unspecified atom stereocenters. The molecule has 0 aromatic carbocycles. The Labute approximate surface area is 439 Å². The fourth-order valence-electron chi connectivity index (χ4n) is 7.22. The zero-order valence-corrected chi connectivity index (χ0v) is 47.5. The van der Waals surface area contributed by atoms with Gasteiger partial charge in [-0.3, -0.25) is 9.05 Å². The summed E-state index contributed by atoms with van der Waals surface area (Å²) in [6.07, 6.45) is 38.1. The van der Waals surface area contributed by atoms with Gasteiger partial charge in [0.1, 0.15) is 0 Å². The van der Waals surface area contributed by atoms with Crippen molar-refractivity contribution in [2.24, 2.45) is 0 Å². The molecule has 0 spiro atoms. The molecule has 0 amide bonds. The third-order valence-electron chi connectivity index (χ3n) is 11.2. The van der Waals surface area contributed by atoms with Crippen molar-refractivity contribution in [2.75, 3.05) is 145 Å². The summed E-state index contributed by atoms with van der Waals surface area (Å²) in [4.78, 5) is 9.82. The first-order chi connectivity index (χ1) is 33.1. The summed E-state index contributed by atoms with van der Waals surface area (Å²) in [6, 6.07) is 0. The molecule has 0 heterocycles. The number of phosphoric acid groups is 1. The Morgan fingerprint density at radius 3 is 0.574 bits per heavy atom. The first-order valence-corrected chi connectivity index (χ1v) is 29.0. The van der Waals surface area contributed by atoms with Gasteiger partial charge in [-0.2, -0.15) is 0 Å². The molecule has 0 bridgehead atoms. The van der Waals surface area contributed by atoms with E-state index in [9.17, 15) is 9.46 Å². The van der Waals surface area contributed by atoms with Crippen molar-refractivity contribution in [3.8, 4) is 0 Å². The Bertz CT molecular complexity index is 879. The standard InChI is InChI=1S/C52H107O14P.Na/c1-3-5-7-9-11-13-15-17-19-21-23-25-27-29-31-55-33-35-57-37-39-59-41-43-61-45-47-63-49-51-65-67(53,54)66-52-50-64-48-46-62-44-42-60-40-38-58-36-34-56-32-30-28-26-24-22-20-18-16-14-12-10-8-6-4-2;/h3-52H2,1-2H3,(H,53,54);. The van der Waals surface area contributed by atoms with Gasteiger partial charge in [0.15, 0.2) is 0 Å².